The fraction of sp³-hybridized carbons (Fsp3) is 0.120. The molecule has 5 nitrogen and oxygen atoms in total. The summed E-state index contributed by atoms with van der Waals surface area (Å²) in [4.78, 5) is 12.5. The predicted octanol–water partition coefficient (Wildman–Crippen LogP) is 6.78. The van der Waals surface area contributed by atoms with Crippen LogP contribution in [0.1, 0.15) is 31.1 Å². The molecule has 3 N–H and O–H groups in total. The lowest BCUT2D eigenvalue weighted by atomic mass is 10.0. The summed E-state index contributed by atoms with van der Waals surface area (Å²) >= 11 is 6.18. The molecule has 3 aromatic rings. The number of phenols is 1. The van der Waals surface area contributed by atoms with E-state index in [4.69, 9.17) is 21.7 Å². The zero-order valence-electron chi connectivity index (χ0n) is 17.7. The van der Waals surface area contributed by atoms with Gasteiger partial charge in [0, 0.05) is 15.9 Å². The fourth-order valence-electron chi connectivity index (χ4n) is 3.16. The number of nitrogens with one attached hydrogen (secondary N) is 2. The topological polar surface area (TPSA) is 82.4 Å². The van der Waals surface area contributed by atoms with E-state index >= 15 is 0 Å². The highest BCUT2D eigenvalue weighted by Crippen LogP contribution is 2.29. The van der Waals surface area contributed by atoms with Crippen LogP contribution in [0.2, 0.25) is 5.02 Å². The van der Waals surface area contributed by atoms with Gasteiger partial charge in [-0.1, -0.05) is 66.2 Å². The number of phenolic OH excluding ortho intramolecular Hbond substituents is 1. The number of hydrogen-bond acceptors (Lipinski definition) is 4. The summed E-state index contributed by atoms with van der Waals surface area (Å²) < 4.78 is 5.48. The smallest absolute Gasteiger partial charge is 0.412 e. The molecule has 0 aromatic heterocycles. The summed E-state index contributed by atoms with van der Waals surface area (Å²) in [7, 11) is 2.59. The SMILES string of the molecule is CC(=N)/C(NC(=O)OC(C)c1ccccc1Cl)=C(\P)c1ccc(-c2ccc(O)cc2)cc1. The Morgan fingerprint density at radius 3 is 2.16 bits per heavy atom. The van der Waals surface area contributed by atoms with Crippen LogP contribution in [0.15, 0.2) is 78.5 Å². The Labute approximate surface area is 194 Å². The molecule has 2 unspecified atom stereocenters. The molecule has 0 spiro atoms. The van der Waals surface area contributed by atoms with E-state index in [1.165, 1.54) is 0 Å². The van der Waals surface area contributed by atoms with Crippen LogP contribution in [0.4, 0.5) is 4.79 Å². The van der Waals surface area contributed by atoms with Gasteiger partial charge in [0.15, 0.2) is 0 Å². The number of aromatic hydroxyl groups is 1. The predicted molar refractivity (Wildman–Crippen MR) is 133 cm³/mol. The van der Waals surface area contributed by atoms with Crippen molar-refractivity contribution in [3.8, 4) is 16.9 Å². The Bertz CT molecular complexity index is 1160. The first-order chi connectivity index (χ1) is 15.3. The lowest BCUT2D eigenvalue weighted by Gasteiger charge is -2.18. The zero-order chi connectivity index (χ0) is 23.3. The van der Waals surface area contributed by atoms with E-state index in [2.05, 4.69) is 14.6 Å². The average molecular weight is 467 g/mol. The van der Waals surface area contributed by atoms with E-state index in [1.807, 2.05) is 48.5 Å². The van der Waals surface area contributed by atoms with Crippen LogP contribution in [-0.4, -0.2) is 16.9 Å². The van der Waals surface area contributed by atoms with E-state index in [0.717, 1.165) is 16.7 Å². The zero-order valence-corrected chi connectivity index (χ0v) is 19.6. The van der Waals surface area contributed by atoms with Gasteiger partial charge in [-0.2, -0.15) is 0 Å². The summed E-state index contributed by atoms with van der Waals surface area (Å²) in [5.41, 5.74) is 4.04. The van der Waals surface area contributed by atoms with Crippen molar-refractivity contribution in [2.24, 2.45) is 0 Å². The molecule has 3 aromatic carbocycles. The maximum absolute atomic E-state index is 12.5. The van der Waals surface area contributed by atoms with E-state index in [1.54, 1.807) is 38.1 Å². The second-order valence-electron chi connectivity index (χ2n) is 7.23. The number of rotatable bonds is 6. The number of alkyl carbamates (subject to hydrolysis) is 1. The highest BCUT2D eigenvalue weighted by molar-refractivity contribution is 7.31. The Hall–Kier alpha value is -3.14. The standard InChI is InChI=1S/C25H24ClN2O3P/c1-15(27)23(28-25(30)31-16(2)21-5-3-4-6-22(21)26)24(32)19-9-7-17(8-10-19)18-11-13-20(29)14-12-18/h3-14,16,27,29H,32H2,1-2H3,(H,28,30)/b24-23+,27-15?. The van der Waals surface area contributed by atoms with E-state index < -0.39 is 12.2 Å². The summed E-state index contributed by atoms with van der Waals surface area (Å²) in [5.74, 6) is 0.216. The molecule has 0 bridgehead atoms. The molecule has 0 aliphatic rings. The summed E-state index contributed by atoms with van der Waals surface area (Å²) in [6.07, 6.45) is -1.21. The lowest BCUT2D eigenvalue weighted by Crippen LogP contribution is -2.28. The van der Waals surface area contributed by atoms with Gasteiger partial charge in [-0.05, 0) is 48.7 Å². The van der Waals surface area contributed by atoms with Crippen LogP contribution < -0.4 is 5.32 Å². The third-order valence-electron chi connectivity index (χ3n) is 4.89. The van der Waals surface area contributed by atoms with Crippen molar-refractivity contribution in [2.45, 2.75) is 20.0 Å². The first-order valence-corrected chi connectivity index (χ1v) is 10.9. The normalized spacial score (nSPS) is 12.5. The van der Waals surface area contributed by atoms with Gasteiger partial charge in [0.05, 0.1) is 11.4 Å². The minimum atomic E-state index is -0.667. The number of halogens is 1. The van der Waals surface area contributed by atoms with E-state index in [0.29, 0.717) is 21.6 Å². The van der Waals surface area contributed by atoms with Crippen molar-refractivity contribution in [1.82, 2.24) is 5.32 Å². The Morgan fingerprint density at radius 2 is 1.59 bits per heavy atom. The van der Waals surface area contributed by atoms with Gasteiger partial charge in [0.2, 0.25) is 0 Å². The Morgan fingerprint density at radius 1 is 1.03 bits per heavy atom. The number of benzene rings is 3. The second-order valence-corrected chi connectivity index (χ2v) is 8.22. The quantitative estimate of drug-likeness (QED) is 0.276. The minimum absolute atomic E-state index is 0.194. The number of carbonyl (C=O) groups is 1. The molecule has 1 amide bonds. The average Bonchev–Trinajstić information content (AvgIpc) is 2.77. The van der Waals surface area contributed by atoms with E-state index in [-0.39, 0.29) is 11.5 Å². The van der Waals surface area contributed by atoms with Crippen molar-refractivity contribution in [1.29, 1.82) is 5.41 Å². The Balaban J connectivity index is 1.78. The molecule has 0 radical (unpaired) electrons. The van der Waals surface area contributed by atoms with Crippen molar-refractivity contribution >= 4 is 38.0 Å². The Kier molecular flexibility index (Phi) is 7.68. The van der Waals surface area contributed by atoms with Gasteiger partial charge in [-0.15, -0.1) is 9.24 Å². The maximum atomic E-state index is 12.5. The molecule has 164 valence electrons. The van der Waals surface area contributed by atoms with Crippen LogP contribution >= 0.6 is 20.8 Å². The van der Waals surface area contributed by atoms with Crippen LogP contribution in [0.3, 0.4) is 0 Å². The molecule has 0 aliphatic heterocycles. The van der Waals surface area contributed by atoms with Gasteiger partial charge in [-0.25, -0.2) is 4.79 Å². The molecule has 7 heteroatoms. The first kappa shape index (κ1) is 23.5. The molecular formula is C25H24ClN2O3P. The van der Waals surface area contributed by atoms with Gasteiger partial charge in [0.25, 0.3) is 0 Å². The summed E-state index contributed by atoms with van der Waals surface area (Å²) in [6, 6.07) is 21.8. The third-order valence-corrected chi connectivity index (χ3v) is 5.86. The number of allylic oxidation sites excluding steroid dienone is 1. The number of amides is 1. The van der Waals surface area contributed by atoms with Crippen LogP contribution in [0, 0.1) is 5.41 Å². The molecule has 3 rings (SSSR count). The molecule has 0 heterocycles. The highest BCUT2D eigenvalue weighted by atomic mass is 35.5. The van der Waals surface area contributed by atoms with Crippen molar-refractivity contribution in [3.05, 3.63) is 94.6 Å². The second kappa shape index (κ2) is 10.4. The van der Waals surface area contributed by atoms with Crippen LogP contribution in [0.25, 0.3) is 16.4 Å². The van der Waals surface area contributed by atoms with Gasteiger partial charge in [-0.3, -0.25) is 5.32 Å². The van der Waals surface area contributed by atoms with Crippen molar-refractivity contribution in [3.63, 3.8) is 0 Å². The number of hydrogen-bond donors (Lipinski definition) is 3. The highest BCUT2D eigenvalue weighted by Gasteiger charge is 2.17. The monoisotopic (exact) mass is 466 g/mol. The molecular weight excluding hydrogens is 443 g/mol. The third kappa shape index (κ3) is 5.76. The van der Waals surface area contributed by atoms with Gasteiger partial charge < -0.3 is 15.3 Å². The molecule has 32 heavy (non-hydrogen) atoms. The fourth-order valence-corrected chi connectivity index (χ4v) is 3.93. The van der Waals surface area contributed by atoms with Gasteiger partial charge >= 0.3 is 6.09 Å². The molecule has 0 saturated heterocycles. The number of ether oxygens (including phenoxy) is 1. The van der Waals surface area contributed by atoms with Crippen molar-refractivity contribution in [2.75, 3.05) is 0 Å². The largest absolute Gasteiger partial charge is 0.508 e. The van der Waals surface area contributed by atoms with Crippen molar-refractivity contribution < 1.29 is 14.6 Å². The van der Waals surface area contributed by atoms with Gasteiger partial charge in [0.1, 0.15) is 11.9 Å². The molecule has 0 aliphatic carbocycles. The van der Waals surface area contributed by atoms with Crippen LogP contribution in [0.5, 0.6) is 5.75 Å². The maximum Gasteiger partial charge on any atom is 0.412 e. The number of carbonyl (C=O) groups excluding carboxylic acids is 1. The van der Waals surface area contributed by atoms with Crippen LogP contribution in [-0.2, 0) is 4.74 Å². The molecule has 2 atom stereocenters. The summed E-state index contributed by atoms with van der Waals surface area (Å²) in [5, 5.41) is 21.4. The van der Waals surface area contributed by atoms with E-state index in [9.17, 15) is 9.90 Å². The minimum Gasteiger partial charge on any atom is -0.508 e. The summed E-state index contributed by atoms with van der Waals surface area (Å²) in [6.45, 7) is 3.34. The lowest BCUT2D eigenvalue weighted by molar-refractivity contribution is 0.110. The molecule has 0 saturated carbocycles. The first-order valence-electron chi connectivity index (χ1n) is 9.93. The molecule has 0 fully saturated rings.